The van der Waals surface area contributed by atoms with Crippen molar-refractivity contribution >= 4 is 32.4 Å². The third kappa shape index (κ3) is 18.4. The Morgan fingerprint density at radius 2 is 1.04 bits per heavy atom. The normalized spacial score (nSPS) is 22.8. The highest BCUT2D eigenvalue weighted by atomic mass is 32.2. The highest BCUT2D eigenvalue weighted by Gasteiger charge is 2.18. The molecule has 176 valence electrons. The molecule has 0 radical (unpaired) electrons. The van der Waals surface area contributed by atoms with Crippen LogP contribution in [0.1, 0.15) is 29.7 Å². The van der Waals surface area contributed by atoms with Crippen LogP contribution < -0.4 is 0 Å². The molecule has 0 unspecified atom stereocenters. The zero-order valence-electron chi connectivity index (χ0n) is 15.3. The van der Waals surface area contributed by atoms with E-state index in [1.165, 1.54) is 24.6 Å². The lowest BCUT2D eigenvalue weighted by Crippen LogP contribution is -2.37. The summed E-state index contributed by atoms with van der Waals surface area (Å²) in [7, 11) is 3.03. The van der Waals surface area contributed by atoms with E-state index >= 15 is 0 Å². The monoisotopic (exact) mass is 463 g/mol. The second-order valence-corrected chi connectivity index (χ2v) is 11.7. The first kappa shape index (κ1) is 35.7. The summed E-state index contributed by atoms with van der Waals surface area (Å²) in [6, 6.07) is 0. The topological polar surface area (TPSA) is 60.9 Å². The van der Waals surface area contributed by atoms with Crippen molar-refractivity contribution in [2.75, 3.05) is 94.9 Å². The molecule has 0 atom stereocenters. The van der Waals surface area contributed by atoms with E-state index in [1.807, 2.05) is 11.9 Å². The second kappa shape index (κ2) is 19.3. The van der Waals surface area contributed by atoms with Gasteiger partial charge in [0.2, 0.25) is 0 Å². The first-order valence-corrected chi connectivity index (χ1v) is 12.9. The molecule has 0 aromatic rings. The zero-order valence-corrected chi connectivity index (χ0v) is 17.7. The van der Waals surface area contributed by atoms with Gasteiger partial charge in [-0.15, -0.1) is 0 Å². The smallest absolute Gasteiger partial charge is 0.152 e. The molecule has 3 fully saturated rings. The fourth-order valence-corrected chi connectivity index (χ4v) is 5.89. The van der Waals surface area contributed by atoms with Crippen molar-refractivity contribution in [1.29, 1.82) is 0 Å². The Morgan fingerprint density at radius 3 is 1.32 bits per heavy atom. The largest absolute Gasteiger partial charge is 0.305 e. The molecule has 0 aromatic carbocycles. The molecule has 3 aliphatic heterocycles. The maximum absolute atomic E-state index is 10.8. The average molecular weight is 464 g/mol. The number of hydrogen-bond acceptors (Lipinski definition) is 7. The lowest BCUT2D eigenvalue weighted by Gasteiger charge is -2.21. The molecular weight excluding hydrogens is 414 g/mol. The Morgan fingerprint density at radius 1 is 0.679 bits per heavy atom. The van der Waals surface area contributed by atoms with Gasteiger partial charge in [0.25, 0.3) is 0 Å². The highest BCUT2D eigenvalue weighted by molar-refractivity contribution is 7.99. The molecule has 3 heterocycles. The van der Waals surface area contributed by atoms with Crippen molar-refractivity contribution in [3.8, 4) is 0 Å². The summed E-state index contributed by atoms with van der Waals surface area (Å²) in [5.74, 6) is 5.08. The van der Waals surface area contributed by atoms with E-state index in [4.69, 9.17) is 0 Å². The van der Waals surface area contributed by atoms with Crippen LogP contribution in [0.25, 0.3) is 0 Å². The van der Waals surface area contributed by atoms with Crippen molar-refractivity contribution in [2.24, 2.45) is 0 Å². The molecule has 9 heteroatoms. The molecule has 0 aromatic heterocycles. The highest BCUT2D eigenvalue weighted by Crippen LogP contribution is 2.05. The lowest BCUT2D eigenvalue weighted by molar-refractivity contribution is 0.360. The van der Waals surface area contributed by atoms with Gasteiger partial charge in [-0.25, -0.2) is 8.42 Å². The van der Waals surface area contributed by atoms with Gasteiger partial charge in [-0.1, -0.05) is 29.7 Å². The lowest BCUT2D eigenvalue weighted by atomic mass is 10.6. The molecule has 0 amide bonds. The molecule has 0 N–H and O–H groups in total. The van der Waals surface area contributed by atoms with Gasteiger partial charge in [-0.3, -0.25) is 4.21 Å². The molecule has 0 aliphatic carbocycles. The maximum atomic E-state index is 10.8. The minimum Gasteiger partial charge on any atom is -0.305 e. The molecule has 3 saturated heterocycles. The third-order valence-electron chi connectivity index (χ3n) is 4.20. The fraction of sp³-hybridized carbons (Fsp3) is 1.00. The van der Waals surface area contributed by atoms with E-state index in [-0.39, 0.29) is 29.7 Å². The average Bonchev–Trinajstić information content (AvgIpc) is 2.55. The van der Waals surface area contributed by atoms with Gasteiger partial charge < -0.3 is 14.7 Å². The third-order valence-corrected chi connectivity index (χ3v) is 8.03. The van der Waals surface area contributed by atoms with E-state index in [9.17, 15) is 12.6 Å². The summed E-state index contributed by atoms with van der Waals surface area (Å²) < 4.78 is 32.2. The summed E-state index contributed by atoms with van der Waals surface area (Å²) >= 11 is 2.06. The molecule has 6 nitrogen and oxygen atoms in total. The Hall–Kier alpha value is 0.330. The van der Waals surface area contributed by atoms with Crippen LogP contribution in [-0.2, 0) is 20.6 Å². The van der Waals surface area contributed by atoms with Crippen LogP contribution in [-0.4, -0.2) is 122 Å². The Bertz CT molecular complexity index is 446. The summed E-state index contributed by atoms with van der Waals surface area (Å²) in [5, 5.41) is 0. The van der Waals surface area contributed by atoms with Gasteiger partial charge in [-0.05, 0) is 21.1 Å². The van der Waals surface area contributed by atoms with E-state index in [2.05, 4.69) is 35.7 Å². The standard InChI is InChI=1S/C5H11NO2S.C5H11NOS.C5H11NS.4CH4/c1-6-2-4-9(7,8)5-3-6;1-6-2-4-8(7)5-3-6;1-6-2-4-7-5-3-6;;;;/h2-5H2,1H3;2-5H2,1H3;2-5H2,1H3;4*1H4. The minimum atomic E-state index is -2.66. The van der Waals surface area contributed by atoms with Crippen molar-refractivity contribution in [3.05, 3.63) is 0 Å². The van der Waals surface area contributed by atoms with Crippen molar-refractivity contribution in [1.82, 2.24) is 14.7 Å². The van der Waals surface area contributed by atoms with E-state index in [1.54, 1.807) is 0 Å². The van der Waals surface area contributed by atoms with Crippen LogP contribution in [0.3, 0.4) is 0 Å². The van der Waals surface area contributed by atoms with Gasteiger partial charge >= 0.3 is 0 Å². The predicted octanol–water partition coefficient (Wildman–Crippen LogP) is 2.24. The molecule has 0 bridgehead atoms. The summed E-state index contributed by atoms with van der Waals surface area (Å²) in [4.78, 5) is 6.61. The minimum absolute atomic E-state index is 0. The first-order chi connectivity index (χ1) is 11.3. The van der Waals surface area contributed by atoms with Crippen molar-refractivity contribution < 1.29 is 12.6 Å². The maximum Gasteiger partial charge on any atom is 0.152 e. The van der Waals surface area contributed by atoms with E-state index in [0.717, 1.165) is 24.6 Å². The van der Waals surface area contributed by atoms with Crippen LogP contribution in [0.4, 0.5) is 0 Å². The molecule has 0 saturated carbocycles. The molecular formula is C19H49N3O3S3. The predicted molar refractivity (Wildman–Crippen MR) is 133 cm³/mol. The van der Waals surface area contributed by atoms with Crippen LogP contribution in [0.2, 0.25) is 0 Å². The summed E-state index contributed by atoms with van der Waals surface area (Å²) in [6.07, 6.45) is 0. The quantitative estimate of drug-likeness (QED) is 0.546. The van der Waals surface area contributed by atoms with Gasteiger partial charge in [0.1, 0.15) is 0 Å². The molecule has 0 spiro atoms. The number of hydrogen-bond donors (Lipinski definition) is 0. The van der Waals surface area contributed by atoms with Crippen LogP contribution in [0, 0.1) is 0 Å². The number of nitrogens with zero attached hydrogens (tertiary/aromatic N) is 3. The molecule has 28 heavy (non-hydrogen) atoms. The second-order valence-electron chi connectivity index (χ2n) is 6.52. The summed E-state index contributed by atoms with van der Waals surface area (Å²) in [5.41, 5.74) is 0. The Labute approximate surface area is 184 Å². The summed E-state index contributed by atoms with van der Waals surface area (Å²) in [6.45, 7) is 5.97. The Kier molecular flexibility index (Phi) is 24.6. The van der Waals surface area contributed by atoms with Gasteiger partial charge in [0.05, 0.1) is 11.5 Å². The van der Waals surface area contributed by atoms with Crippen LogP contribution >= 0.6 is 11.8 Å². The molecule has 3 rings (SSSR count). The van der Waals surface area contributed by atoms with Crippen molar-refractivity contribution in [2.45, 2.75) is 29.7 Å². The van der Waals surface area contributed by atoms with E-state index in [0.29, 0.717) is 24.6 Å². The van der Waals surface area contributed by atoms with Crippen molar-refractivity contribution in [3.63, 3.8) is 0 Å². The van der Waals surface area contributed by atoms with Gasteiger partial charge in [0.15, 0.2) is 9.84 Å². The Balaban J connectivity index is -0.000000145. The van der Waals surface area contributed by atoms with Gasteiger partial charge in [-0.2, -0.15) is 11.8 Å². The fourth-order valence-electron chi connectivity index (χ4n) is 2.19. The zero-order chi connectivity index (χ0) is 18.0. The van der Waals surface area contributed by atoms with Crippen LogP contribution in [0.5, 0.6) is 0 Å². The van der Waals surface area contributed by atoms with Crippen LogP contribution in [0.15, 0.2) is 0 Å². The number of thioether (sulfide) groups is 1. The SMILES string of the molecule is C.C.C.C.CN1CCS(=O)(=O)CC1.CN1CCS(=O)CC1.CN1CCSCC1. The van der Waals surface area contributed by atoms with E-state index < -0.39 is 20.6 Å². The van der Waals surface area contributed by atoms with Gasteiger partial charge in [0, 0.05) is 73.1 Å². The first-order valence-electron chi connectivity index (χ1n) is 8.47. The molecule has 3 aliphatic rings. The number of rotatable bonds is 0. The number of sulfone groups is 1.